The second-order valence-electron chi connectivity index (χ2n) is 7.85. The van der Waals surface area contributed by atoms with E-state index in [0.717, 1.165) is 16.9 Å². The molecule has 0 saturated heterocycles. The fourth-order valence-electron chi connectivity index (χ4n) is 3.83. The molecule has 186 valence electrons. The van der Waals surface area contributed by atoms with Gasteiger partial charge in [0.2, 0.25) is 0 Å². The second-order valence-corrected chi connectivity index (χ2v) is 9.27. The third-order valence-corrected chi connectivity index (χ3v) is 6.81. The van der Waals surface area contributed by atoms with Gasteiger partial charge >= 0.3 is 11.9 Å². The summed E-state index contributed by atoms with van der Waals surface area (Å²) in [5.41, 5.74) is 2.60. The van der Waals surface area contributed by atoms with Crippen LogP contribution in [-0.2, 0) is 16.0 Å². The summed E-state index contributed by atoms with van der Waals surface area (Å²) >= 11 is 6.58. The van der Waals surface area contributed by atoms with Crippen LogP contribution in [0.2, 0.25) is 0 Å². The number of fused-ring (bicyclic) bond motifs is 1. The first kappa shape index (κ1) is 25.3. The summed E-state index contributed by atoms with van der Waals surface area (Å²) in [5.74, 6) is -1.03. The summed E-state index contributed by atoms with van der Waals surface area (Å²) < 4.78 is 12.1. The van der Waals surface area contributed by atoms with E-state index in [1.54, 1.807) is 27.0 Å². The van der Waals surface area contributed by atoms with E-state index >= 15 is 0 Å². The fourth-order valence-corrected chi connectivity index (χ4v) is 5.20. The molecule has 0 atom stereocenters. The minimum Gasteiger partial charge on any atom is -0.462 e. The van der Waals surface area contributed by atoms with Crippen LogP contribution in [-0.4, -0.2) is 40.0 Å². The zero-order chi connectivity index (χ0) is 25.7. The first-order valence-corrected chi connectivity index (χ1v) is 12.7. The molecule has 0 bridgehead atoms. The van der Waals surface area contributed by atoms with Gasteiger partial charge in [0, 0.05) is 6.20 Å². The van der Waals surface area contributed by atoms with Crippen LogP contribution in [0.15, 0.2) is 54.9 Å². The van der Waals surface area contributed by atoms with E-state index in [4.69, 9.17) is 21.7 Å². The zero-order valence-corrected chi connectivity index (χ0v) is 21.8. The molecule has 0 amide bonds. The number of ether oxygens (including phenoxy) is 2. The molecule has 2 heterocycles. The van der Waals surface area contributed by atoms with Gasteiger partial charge in [0.15, 0.2) is 5.11 Å². The molecule has 8 nitrogen and oxygen atoms in total. The molecular formula is C26H26N4O4S2. The van der Waals surface area contributed by atoms with Crippen molar-refractivity contribution < 1.29 is 19.1 Å². The first-order chi connectivity index (χ1) is 17.4. The molecule has 0 unspecified atom stereocenters. The number of carbonyl (C=O) groups excluding carboxylic acids is 2. The standard InChI is InChI=1S/C26H26N4O4S2/c1-4-33-24(31)21-16(3)22(25(32)34-5-2)36-23(21)29-26(35)28-19-13-27-30(15-19)14-18-11-8-10-17-9-6-7-12-20(17)18/h6-13,15H,4-5,14H2,1-3H3,(H2,28,29,35). The van der Waals surface area contributed by atoms with Crippen LogP contribution in [0.1, 0.15) is 45.0 Å². The van der Waals surface area contributed by atoms with Gasteiger partial charge in [0.05, 0.1) is 37.2 Å². The molecule has 4 aromatic rings. The Labute approximate surface area is 218 Å². The van der Waals surface area contributed by atoms with Crippen LogP contribution in [0, 0.1) is 6.92 Å². The predicted octanol–water partition coefficient (Wildman–Crippen LogP) is 5.62. The maximum Gasteiger partial charge on any atom is 0.348 e. The molecule has 0 saturated carbocycles. The molecule has 4 rings (SSSR count). The van der Waals surface area contributed by atoms with E-state index in [0.29, 0.717) is 27.7 Å². The largest absolute Gasteiger partial charge is 0.462 e. The number of aromatic nitrogens is 2. The molecule has 2 aromatic carbocycles. The number of carbonyl (C=O) groups is 2. The molecule has 0 aliphatic carbocycles. The number of nitrogens with zero attached hydrogens (tertiary/aromatic N) is 2. The summed E-state index contributed by atoms with van der Waals surface area (Å²) in [7, 11) is 0. The lowest BCUT2D eigenvalue weighted by atomic mass is 10.0. The molecule has 0 aliphatic heterocycles. The quantitative estimate of drug-likeness (QED) is 0.228. The van der Waals surface area contributed by atoms with Crippen molar-refractivity contribution in [1.82, 2.24) is 9.78 Å². The van der Waals surface area contributed by atoms with Crippen molar-refractivity contribution in [3.05, 3.63) is 76.4 Å². The Morgan fingerprint density at radius 1 is 1.03 bits per heavy atom. The number of thiocarbonyl (C=S) groups is 1. The van der Waals surface area contributed by atoms with Crippen molar-refractivity contribution in [1.29, 1.82) is 0 Å². The first-order valence-electron chi connectivity index (χ1n) is 11.5. The third kappa shape index (κ3) is 5.55. The lowest BCUT2D eigenvalue weighted by molar-refractivity contribution is 0.0527. The van der Waals surface area contributed by atoms with Gasteiger partial charge in [0.1, 0.15) is 9.88 Å². The Hall–Kier alpha value is -3.76. The summed E-state index contributed by atoms with van der Waals surface area (Å²) in [6.07, 6.45) is 3.53. The van der Waals surface area contributed by atoms with Gasteiger partial charge in [-0.05, 0) is 54.9 Å². The fraction of sp³-hybridized carbons (Fsp3) is 0.231. The number of hydrogen-bond donors (Lipinski definition) is 2. The number of anilines is 2. The summed E-state index contributed by atoms with van der Waals surface area (Å²) in [5, 5.41) is 13.6. The van der Waals surface area contributed by atoms with Gasteiger partial charge in [0.25, 0.3) is 0 Å². The molecule has 0 fully saturated rings. The second kappa shape index (κ2) is 11.3. The molecular weight excluding hydrogens is 496 g/mol. The number of nitrogens with one attached hydrogen (secondary N) is 2. The van der Waals surface area contributed by atoms with Crippen LogP contribution in [0.4, 0.5) is 10.7 Å². The molecule has 2 N–H and O–H groups in total. The van der Waals surface area contributed by atoms with Gasteiger partial charge in [-0.2, -0.15) is 5.10 Å². The van der Waals surface area contributed by atoms with Crippen molar-refractivity contribution >= 4 is 62.1 Å². The Kier molecular flexibility index (Phi) is 7.97. The van der Waals surface area contributed by atoms with Gasteiger partial charge in [-0.3, -0.25) is 4.68 Å². The number of esters is 2. The molecule has 0 radical (unpaired) electrons. The number of rotatable bonds is 8. The van der Waals surface area contributed by atoms with E-state index in [-0.39, 0.29) is 23.9 Å². The van der Waals surface area contributed by atoms with Gasteiger partial charge in [-0.25, -0.2) is 9.59 Å². The SMILES string of the molecule is CCOC(=O)c1sc(NC(=S)Nc2cnn(Cc3cccc4ccccc34)c2)c(C(=O)OCC)c1C. The van der Waals surface area contributed by atoms with Gasteiger partial charge in [-0.1, -0.05) is 42.5 Å². The highest BCUT2D eigenvalue weighted by atomic mass is 32.1. The summed E-state index contributed by atoms with van der Waals surface area (Å²) in [6.45, 7) is 6.18. The Bertz CT molecular complexity index is 1420. The highest BCUT2D eigenvalue weighted by Gasteiger charge is 2.27. The van der Waals surface area contributed by atoms with E-state index < -0.39 is 11.9 Å². The summed E-state index contributed by atoms with van der Waals surface area (Å²) in [4.78, 5) is 25.3. The monoisotopic (exact) mass is 522 g/mol. The van der Waals surface area contributed by atoms with E-state index in [9.17, 15) is 9.59 Å². The minimum atomic E-state index is -0.532. The topological polar surface area (TPSA) is 94.5 Å². The van der Waals surface area contributed by atoms with Crippen LogP contribution in [0.25, 0.3) is 10.8 Å². The third-order valence-electron chi connectivity index (χ3n) is 5.42. The van der Waals surface area contributed by atoms with Crippen LogP contribution < -0.4 is 10.6 Å². The molecule has 0 spiro atoms. The lowest BCUT2D eigenvalue weighted by Gasteiger charge is -2.10. The minimum absolute atomic E-state index is 0.209. The van der Waals surface area contributed by atoms with E-state index in [1.807, 2.05) is 29.1 Å². The van der Waals surface area contributed by atoms with E-state index in [2.05, 4.69) is 40.0 Å². The molecule has 0 aliphatic rings. The maximum absolute atomic E-state index is 12.6. The van der Waals surface area contributed by atoms with E-state index in [1.165, 1.54) is 10.8 Å². The average Bonchev–Trinajstić information content (AvgIpc) is 3.42. The zero-order valence-electron chi connectivity index (χ0n) is 20.2. The summed E-state index contributed by atoms with van der Waals surface area (Å²) in [6, 6.07) is 14.4. The van der Waals surface area contributed by atoms with Gasteiger partial charge in [-0.15, -0.1) is 11.3 Å². The van der Waals surface area contributed by atoms with Crippen LogP contribution in [0.3, 0.4) is 0 Å². The molecule has 36 heavy (non-hydrogen) atoms. The van der Waals surface area contributed by atoms with Crippen LogP contribution >= 0.6 is 23.6 Å². The lowest BCUT2D eigenvalue weighted by Crippen LogP contribution is -2.20. The smallest absolute Gasteiger partial charge is 0.348 e. The molecule has 2 aromatic heterocycles. The van der Waals surface area contributed by atoms with Crippen molar-refractivity contribution in [2.75, 3.05) is 23.8 Å². The maximum atomic E-state index is 12.6. The number of hydrogen-bond acceptors (Lipinski definition) is 7. The average molecular weight is 523 g/mol. The Balaban J connectivity index is 1.49. The highest BCUT2D eigenvalue weighted by Crippen LogP contribution is 2.34. The van der Waals surface area contributed by atoms with Gasteiger partial charge < -0.3 is 20.1 Å². The predicted molar refractivity (Wildman–Crippen MR) is 146 cm³/mol. The van der Waals surface area contributed by atoms with Crippen molar-refractivity contribution in [3.8, 4) is 0 Å². The number of benzene rings is 2. The van der Waals surface area contributed by atoms with Crippen LogP contribution in [0.5, 0.6) is 0 Å². The Morgan fingerprint density at radius 2 is 1.75 bits per heavy atom. The normalized spacial score (nSPS) is 10.8. The highest BCUT2D eigenvalue weighted by molar-refractivity contribution is 7.80. The van der Waals surface area contributed by atoms with Crippen molar-refractivity contribution in [2.24, 2.45) is 0 Å². The molecule has 10 heteroatoms. The number of thiophene rings is 1. The van der Waals surface area contributed by atoms with Crippen molar-refractivity contribution in [2.45, 2.75) is 27.3 Å². The van der Waals surface area contributed by atoms with Crippen molar-refractivity contribution in [3.63, 3.8) is 0 Å². The Morgan fingerprint density at radius 3 is 2.53 bits per heavy atom.